The van der Waals surface area contributed by atoms with Crippen LogP contribution in [0.15, 0.2) is 66.7 Å². The van der Waals surface area contributed by atoms with Gasteiger partial charge in [-0.25, -0.2) is 4.39 Å². The van der Waals surface area contributed by atoms with Crippen molar-refractivity contribution in [2.45, 2.75) is 6.04 Å². The third-order valence-corrected chi connectivity index (χ3v) is 6.52. The van der Waals surface area contributed by atoms with Crippen LogP contribution in [0.25, 0.3) is 0 Å². The van der Waals surface area contributed by atoms with Crippen LogP contribution in [0.1, 0.15) is 22.0 Å². The van der Waals surface area contributed by atoms with Crippen molar-refractivity contribution in [3.8, 4) is 17.2 Å². The number of ether oxygens (including phenoxy) is 3. The molecule has 1 N–H and O–H groups in total. The minimum Gasteiger partial charge on any atom is -0.497 e. The lowest BCUT2D eigenvalue weighted by molar-refractivity contribution is 0.0929. The molecule has 0 aliphatic carbocycles. The number of hydrogen-bond acceptors (Lipinski definition) is 6. The average Bonchev–Trinajstić information content (AvgIpc) is 3.37. The molecule has 1 amide bonds. The Labute approximate surface area is 204 Å². The molecule has 2 aliphatic rings. The van der Waals surface area contributed by atoms with E-state index in [-0.39, 0.29) is 18.7 Å². The van der Waals surface area contributed by atoms with Crippen molar-refractivity contribution in [1.82, 2.24) is 10.2 Å². The lowest BCUT2D eigenvalue weighted by atomic mass is 10.0. The Balaban J connectivity index is 1.31. The van der Waals surface area contributed by atoms with Gasteiger partial charge in [0.05, 0.1) is 13.2 Å². The zero-order chi connectivity index (χ0) is 24.2. The summed E-state index contributed by atoms with van der Waals surface area (Å²) in [6.45, 7) is 3.94. The fourth-order valence-corrected chi connectivity index (χ4v) is 4.58. The molecule has 3 aromatic carbocycles. The van der Waals surface area contributed by atoms with Gasteiger partial charge in [-0.3, -0.25) is 9.69 Å². The molecule has 35 heavy (non-hydrogen) atoms. The van der Waals surface area contributed by atoms with Gasteiger partial charge in [0.2, 0.25) is 6.79 Å². The first-order valence-corrected chi connectivity index (χ1v) is 11.7. The van der Waals surface area contributed by atoms with E-state index in [4.69, 9.17) is 14.2 Å². The topological polar surface area (TPSA) is 63.3 Å². The van der Waals surface area contributed by atoms with E-state index in [2.05, 4.69) is 27.2 Å². The van der Waals surface area contributed by atoms with E-state index in [9.17, 15) is 9.18 Å². The number of nitrogens with one attached hydrogen (secondary N) is 1. The van der Waals surface area contributed by atoms with Crippen LogP contribution in [0.4, 0.5) is 10.1 Å². The van der Waals surface area contributed by atoms with Crippen LogP contribution in [-0.2, 0) is 0 Å². The quantitative estimate of drug-likeness (QED) is 0.558. The molecule has 1 atom stereocenters. The summed E-state index contributed by atoms with van der Waals surface area (Å²) in [7, 11) is 1.66. The van der Waals surface area contributed by atoms with E-state index in [0.717, 1.165) is 48.9 Å². The minimum absolute atomic E-state index is 0.0694. The van der Waals surface area contributed by atoms with Gasteiger partial charge in [-0.05, 0) is 60.2 Å². The largest absolute Gasteiger partial charge is 0.497 e. The zero-order valence-electron chi connectivity index (χ0n) is 19.6. The SMILES string of the molecule is COc1ccc(N2CCN([C@H](CNC(=O)c3cccc(F)c3)c3ccc4c(c3)OCO4)CC2)cc1. The highest BCUT2D eigenvalue weighted by atomic mass is 19.1. The van der Waals surface area contributed by atoms with Crippen molar-refractivity contribution in [3.63, 3.8) is 0 Å². The van der Waals surface area contributed by atoms with Gasteiger partial charge in [0, 0.05) is 44.0 Å². The van der Waals surface area contributed by atoms with Gasteiger partial charge in [0.25, 0.3) is 5.91 Å². The molecule has 1 fully saturated rings. The van der Waals surface area contributed by atoms with Crippen molar-refractivity contribution in [1.29, 1.82) is 0 Å². The van der Waals surface area contributed by atoms with Crippen LogP contribution in [-0.4, -0.2) is 57.4 Å². The summed E-state index contributed by atoms with van der Waals surface area (Å²) < 4.78 is 29.9. The maximum Gasteiger partial charge on any atom is 0.251 e. The summed E-state index contributed by atoms with van der Waals surface area (Å²) in [5.41, 5.74) is 2.50. The van der Waals surface area contributed by atoms with Crippen molar-refractivity contribution in [3.05, 3.63) is 83.7 Å². The Morgan fingerprint density at radius 1 is 1.00 bits per heavy atom. The van der Waals surface area contributed by atoms with Gasteiger partial charge in [-0.15, -0.1) is 0 Å². The molecule has 5 rings (SSSR count). The summed E-state index contributed by atoms with van der Waals surface area (Å²) in [6.07, 6.45) is 0. The summed E-state index contributed by atoms with van der Waals surface area (Å²) in [4.78, 5) is 17.4. The second-order valence-corrected chi connectivity index (χ2v) is 8.57. The number of nitrogens with zero attached hydrogens (tertiary/aromatic N) is 2. The fraction of sp³-hybridized carbons (Fsp3) is 0.296. The lowest BCUT2D eigenvalue weighted by Crippen LogP contribution is -2.50. The van der Waals surface area contributed by atoms with Crippen LogP contribution < -0.4 is 24.4 Å². The first-order valence-electron chi connectivity index (χ1n) is 11.7. The first kappa shape index (κ1) is 23.0. The maximum atomic E-state index is 13.6. The Morgan fingerprint density at radius 2 is 1.77 bits per heavy atom. The van der Waals surface area contributed by atoms with Gasteiger partial charge >= 0.3 is 0 Å². The Hall–Kier alpha value is -3.78. The normalized spacial score (nSPS) is 16.1. The maximum absolute atomic E-state index is 13.6. The second-order valence-electron chi connectivity index (χ2n) is 8.57. The number of rotatable bonds is 7. The van der Waals surface area contributed by atoms with Crippen LogP contribution in [0, 0.1) is 5.82 Å². The molecule has 7 nitrogen and oxygen atoms in total. The highest BCUT2D eigenvalue weighted by molar-refractivity contribution is 5.94. The molecular weight excluding hydrogens is 449 g/mol. The summed E-state index contributed by atoms with van der Waals surface area (Å²) in [5, 5.41) is 3.00. The lowest BCUT2D eigenvalue weighted by Gasteiger charge is -2.40. The number of benzene rings is 3. The molecule has 2 aliphatic heterocycles. The van der Waals surface area contributed by atoms with Gasteiger partial charge < -0.3 is 24.4 Å². The second kappa shape index (κ2) is 10.2. The van der Waals surface area contributed by atoms with E-state index < -0.39 is 5.82 Å². The number of carbonyl (C=O) groups is 1. The first-order chi connectivity index (χ1) is 17.1. The summed E-state index contributed by atoms with van der Waals surface area (Å²) >= 11 is 0. The molecular formula is C27H28FN3O4. The Bertz CT molecular complexity index is 1180. The standard InChI is InChI=1S/C27H28FN3O4/c1-33-23-8-6-22(7-9-23)30-11-13-31(14-12-30)24(19-5-10-25-26(16-19)35-18-34-25)17-29-27(32)20-3-2-4-21(28)15-20/h2-10,15-16,24H,11-14,17-18H2,1H3,(H,29,32)/t24-/m1/s1. The number of amides is 1. The van der Waals surface area contributed by atoms with Gasteiger partial charge in [0.15, 0.2) is 11.5 Å². The number of fused-ring (bicyclic) bond motifs is 1. The van der Waals surface area contributed by atoms with Crippen LogP contribution in [0.3, 0.4) is 0 Å². The third-order valence-electron chi connectivity index (χ3n) is 6.52. The number of halogens is 1. The summed E-state index contributed by atoms with van der Waals surface area (Å²) in [6, 6.07) is 19.7. The highest BCUT2D eigenvalue weighted by Crippen LogP contribution is 2.36. The Kier molecular flexibility index (Phi) is 6.72. The third kappa shape index (κ3) is 5.17. The Morgan fingerprint density at radius 3 is 2.51 bits per heavy atom. The number of anilines is 1. The van der Waals surface area contributed by atoms with E-state index in [1.807, 2.05) is 30.3 Å². The zero-order valence-corrected chi connectivity index (χ0v) is 19.6. The van der Waals surface area contributed by atoms with E-state index in [1.54, 1.807) is 13.2 Å². The molecule has 182 valence electrons. The van der Waals surface area contributed by atoms with Crippen molar-refractivity contribution < 1.29 is 23.4 Å². The van der Waals surface area contributed by atoms with Gasteiger partial charge in [0.1, 0.15) is 11.6 Å². The molecule has 0 spiro atoms. The molecule has 8 heteroatoms. The molecule has 0 bridgehead atoms. The molecule has 2 heterocycles. The van der Waals surface area contributed by atoms with Crippen molar-refractivity contribution in [2.75, 3.05) is 51.5 Å². The number of hydrogen-bond donors (Lipinski definition) is 1. The van der Waals surface area contributed by atoms with E-state index in [0.29, 0.717) is 17.9 Å². The molecule has 0 saturated carbocycles. The molecule has 0 unspecified atom stereocenters. The van der Waals surface area contributed by atoms with Crippen LogP contribution in [0.2, 0.25) is 0 Å². The van der Waals surface area contributed by atoms with Gasteiger partial charge in [-0.2, -0.15) is 0 Å². The number of carbonyl (C=O) groups excluding carboxylic acids is 1. The van der Waals surface area contributed by atoms with Crippen molar-refractivity contribution >= 4 is 11.6 Å². The smallest absolute Gasteiger partial charge is 0.251 e. The molecule has 3 aromatic rings. The van der Waals surface area contributed by atoms with Crippen LogP contribution >= 0.6 is 0 Å². The monoisotopic (exact) mass is 477 g/mol. The van der Waals surface area contributed by atoms with E-state index >= 15 is 0 Å². The predicted molar refractivity (Wildman–Crippen MR) is 131 cm³/mol. The summed E-state index contributed by atoms with van der Waals surface area (Å²) in [5.74, 6) is 1.54. The number of piperazine rings is 1. The van der Waals surface area contributed by atoms with Crippen LogP contribution in [0.5, 0.6) is 17.2 Å². The average molecular weight is 478 g/mol. The molecule has 0 aromatic heterocycles. The molecule has 0 radical (unpaired) electrons. The molecule has 1 saturated heterocycles. The minimum atomic E-state index is -0.431. The fourth-order valence-electron chi connectivity index (χ4n) is 4.58. The highest BCUT2D eigenvalue weighted by Gasteiger charge is 2.27. The van der Waals surface area contributed by atoms with Crippen molar-refractivity contribution in [2.24, 2.45) is 0 Å². The predicted octanol–water partition coefficient (Wildman–Crippen LogP) is 3.86. The number of methoxy groups -OCH3 is 1. The van der Waals surface area contributed by atoms with Gasteiger partial charge in [-0.1, -0.05) is 12.1 Å². The van der Waals surface area contributed by atoms with E-state index in [1.165, 1.54) is 18.2 Å².